The fraction of sp³-hybridized carbons (Fsp3) is 0.113. The van der Waals surface area contributed by atoms with E-state index in [0.717, 1.165) is 46.8 Å². The molecule has 3 heterocycles. The number of halogens is 13. The lowest BCUT2D eigenvalue weighted by Gasteiger charge is -2.10. The Morgan fingerprint density at radius 1 is 0.600 bits per heavy atom. The number of benzene rings is 6. The molecule has 9 nitrogen and oxygen atoms in total. The number of para-hydroxylation sites is 3. The van der Waals surface area contributed by atoms with Gasteiger partial charge in [-0.1, -0.05) is 107 Å². The molecule has 0 spiro atoms. The molecule has 0 saturated carbocycles. The van der Waals surface area contributed by atoms with Crippen molar-refractivity contribution in [1.82, 2.24) is 15.0 Å². The standard InChI is InChI=1S/C19H11ClF3N3O.C11H8N2O.C8H6ClF3.C8H7N.C7H5ClF3N.ClH/c20-15-6-5-11(7-14(15)19(21,22)23)9-25-17(8-24)18(27)13-10-26-16-4-2-1-3-12(13)16;12-6-5-11(14)9-7-13-10-4-2-1-3-8(9)10;1-5-2-3-7(9)6(4-5)8(10,11)12;1-2-4-8-7(3-1)5-6-9-8;8-6-2-1-4(12)3-5(6)7(9,10)11;/h1-7,10,26H,9H2;1-4,7,13H,5H2;2-4H,1H3;1-6,9H;1-3H,12H2;1H. The van der Waals surface area contributed by atoms with E-state index in [2.05, 4.69) is 38.1 Å². The van der Waals surface area contributed by atoms with E-state index in [9.17, 15) is 54.4 Å². The van der Waals surface area contributed by atoms with Crippen LogP contribution in [-0.4, -0.2) is 32.2 Å². The molecule has 0 atom stereocenters. The molecule has 0 fully saturated rings. The second-order valence-electron chi connectivity index (χ2n) is 15.5. The number of anilines is 1. The van der Waals surface area contributed by atoms with Gasteiger partial charge in [-0.25, -0.2) is 0 Å². The fourth-order valence-corrected chi connectivity index (χ4v) is 7.36. The summed E-state index contributed by atoms with van der Waals surface area (Å²) in [5, 5.41) is 19.5. The van der Waals surface area contributed by atoms with Gasteiger partial charge in [0.2, 0.25) is 5.78 Å². The van der Waals surface area contributed by atoms with E-state index in [1.165, 1.54) is 41.4 Å². The van der Waals surface area contributed by atoms with Crippen molar-refractivity contribution in [2.75, 3.05) is 5.73 Å². The van der Waals surface area contributed by atoms with Crippen LogP contribution in [0.1, 0.15) is 55.0 Å². The number of nitrogens with one attached hydrogen (secondary N) is 3. The first kappa shape index (κ1) is 59.8. The van der Waals surface area contributed by atoms with Gasteiger partial charge in [0.25, 0.3) is 0 Å². The summed E-state index contributed by atoms with van der Waals surface area (Å²) in [6, 6.07) is 38.9. The number of Topliss-reactive ketones (excluding diaryl/α,β-unsaturated/α-hetero) is 2. The van der Waals surface area contributed by atoms with Crippen molar-refractivity contribution in [3.05, 3.63) is 206 Å². The van der Waals surface area contributed by atoms with Crippen molar-refractivity contribution in [1.29, 1.82) is 10.5 Å². The second kappa shape index (κ2) is 26.5. The topological polar surface area (TPSA) is 167 Å². The highest BCUT2D eigenvalue weighted by atomic mass is 35.5. The maximum atomic E-state index is 12.9. The van der Waals surface area contributed by atoms with Crippen LogP contribution in [0.15, 0.2) is 157 Å². The molecule has 0 aliphatic carbocycles. The van der Waals surface area contributed by atoms with Crippen molar-refractivity contribution >= 4 is 103 Å². The van der Waals surface area contributed by atoms with Gasteiger partial charge in [-0.2, -0.15) is 50.0 Å². The van der Waals surface area contributed by atoms with Crippen molar-refractivity contribution in [3.63, 3.8) is 0 Å². The Morgan fingerprint density at radius 2 is 1.08 bits per heavy atom. The van der Waals surface area contributed by atoms with Crippen LogP contribution in [0.5, 0.6) is 0 Å². The lowest BCUT2D eigenvalue weighted by Crippen LogP contribution is -2.12. The van der Waals surface area contributed by atoms with Crippen molar-refractivity contribution in [2.45, 2.75) is 38.4 Å². The van der Waals surface area contributed by atoms with Gasteiger partial charge in [0, 0.05) is 57.2 Å². The molecule has 22 heteroatoms. The number of ketones is 2. The smallest absolute Gasteiger partial charge is 0.399 e. The average molecular weight is 1120 g/mol. The third-order valence-electron chi connectivity index (χ3n) is 10.2. The molecular weight excluding hydrogens is 1080 g/mol. The van der Waals surface area contributed by atoms with Crippen LogP contribution in [0.3, 0.4) is 0 Å². The van der Waals surface area contributed by atoms with Gasteiger partial charge < -0.3 is 20.7 Å². The highest BCUT2D eigenvalue weighted by molar-refractivity contribution is 6.52. The first-order valence-corrected chi connectivity index (χ1v) is 22.4. The SMILES string of the molecule is Cc1ccc(Cl)c(C(F)(F)F)c1.Cl.N#CC(=NCc1ccc(Cl)c(C(F)(F)F)c1)C(=O)c1c[nH]c2ccccc12.N#CCC(=O)c1c[nH]c2ccccc12.Nc1ccc(Cl)c(C(F)(F)F)c1.c1ccc2[nH]ccc2c1. The van der Waals surface area contributed by atoms with Gasteiger partial charge in [-0.05, 0) is 84.6 Å². The number of hydrogen-bond acceptors (Lipinski definition) is 6. The first-order chi connectivity index (χ1) is 34.9. The summed E-state index contributed by atoms with van der Waals surface area (Å²) >= 11 is 16.2. The van der Waals surface area contributed by atoms with E-state index < -0.39 is 46.0 Å². The van der Waals surface area contributed by atoms with Gasteiger partial charge in [-0.3, -0.25) is 14.6 Å². The summed E-state index contributed by atoms with van der Waals surface area (Å²) in [6.45, 7) is 1.34. The predicted octanol–water partition coefficient (Wildman–Crippen LogP) is 16.6. The Morgan fingerprint density at radius 3 is 1.60 bits per heavy atom. The summed E-state index contributed by atoms with van der Waals surface area (Å²) < 4.78 is 111. The largest absolute Gasteiger partial charge is 0.417 e. The summed E-state index contributed by atoms with van der Waals surface area (Å²) in [6.07, 6.45) is -8.38. The van der Waals surface area contributed by atoms with Crippen LogP contribution in [0.4, 0.5) is 45.2 Å². The molecule has 0 saturated heterocycles. The van der Waals surface area contributed by atoms with Crippen molar-refractivity contribution in [3.8, 4) is 12.1 Å². The van der Waals surface area contributed by atoms with Gasteiger partial charge >= 0.3 is 18.5 Å². The monoisotopic (exact) mass is 1120 g/mol. The lowest BCUT2D eigenvalue weighted by molar-refractivity contribution is -0.138. The van der Waals surface area contributed by atoms with Crippen LogP contribution in [0.2, 0.25) is 15.1 Å². The Labute approximate surface area is 442 Å². The molecule has 388 valence electrons. The number of nitrogen functional groups attached to an aromatic ring is 1. The van der Waals surface area contributed by atoms with Crippen molar-refractivity contribution < 1.29 is 49.1 Å². The zero-order chi connectivity index (χ0) is 54.4. The summed E-state index contributed by atoms with van der Waals surface area (Å²) in [4.78, 5) is 37.0. The molecule has 75 heavy (non-hydrogen) atoms. The molecule has 3 aromatic heterocycles. The molecule has 0 unspecified atom stereocenters. The molecule has 0 bridgehead atoms. The fourth-order valence-electron chi connectivity index (χ4n) is 6.68. The van der Waals surface area contributed by atoms with Crippen LogP contribution in [-0.2, 0) is 25.1 Å². The molecule has 9 rings (SSSR count). The first-order valence-electron chi connectivity index (χ1n) is 21.3. The minimum atomic E-state index is -4.60. The lowest BCUT2D eigenvalue weighted by atomic mass is 10.1. The number of fused-ring (bicyclic) bond motifs is 3. The van der Waals surface area contributed by atoms with E-state index in [1.54, 1.807) is 43.5 Å². The van der Waals surface area contributed by atoms with Crippen LogP contribution >= 0.6 is 47.2 Å². The van der Waals surface area contributed by atoms with Crippen LogP contribution in [0.25, 0.3) is 32.7 Å². The number of carbonyl (C=O) groups excluding carboxylic acids is 2. The number of aromatic amines is 3. The highest BCUT2D eigenvalue weighted by Crippen LogP contribution is 2.37. The van der Waals surface area contributed by atoms with E-state index in [4.69, 9.17) is 45.8 Å². The number of alkyl halides is 9. The van der Waals surface area contributed by atoms with Gasteiger partial charge in [0.1, 0.15) is 6.07 Å². The average Bonchev–Trinajstić information content (AvgIpc) is 4.13. The molecule has 0 aliphatic rings. The molecule has 6 aromatic carbocycles. The number of rotatable bonds is 6. The minimum absolute atomic E-state index is 0. The van der Waals surface area contributed by atoms with Crippen LogP contribution in [0, 0.1) is 29.6 Å². The van der Waals surface area contributed by atoms with Gasteiger partial charge in [0.15, 0.2) is 11.5 Å². The normalized spacial score (nSPS) is 11.2. The number of nitriles is 2. The van der Waals surface area contributed by atoms with Crippen LogP contribution < -0.4 is 5.73 Å². The molecule has 9 aromatic rings. The number of H-pyrrole nitrogens is 3. The number of nitrogens with two attached hydrogens (primary N) is 1. The number of aromatic nitrogens is 3. The Hall–Kier alpha value is -7.74. The minimum Gasteiger partial charge on any atom is -0.399 e. The molecule has 5 N–H and O–H groups in total. The van der Waals surface area contributed by atoms with E-state index in [-0.39, 0.29) is 63.7 Å². The molecular formula is C53H38Cl4F9N7O2. The molecule has 0 aliphatic heterocycles. The quantitative estimate of drug-likeness (QED) is 0.0562. The summed E-state index contributed by atoms with van der Waals surface area (Å²) in [5.41, 5.74) is 6.63. The Kier molecular flexibility index (Phi) is 21.1. The van der Waals surface area contributed by atoms with E-state index in [1.807, 2.05) is 48.7 Å². The summed E-state index contributed by atoms with van der Waals surface area (Å²) in [5.74, 6) is -0.732. The number of hydrogen-bond donors (Lipinski definition) is 4. The van der Waals surface area contributed by atoms with Gasteiger partial charge in [0.05, 0.1) is 56.4 Å². The number of aryl methyl sites for hydroxylation is 1. The Bertz CT molecular complexity index is 3440. The van der Waals surface area contributed by atoms with E-state index in [0.29, 0.717) is 16.5 Å². The van der Waals surface area contributed by atoms with E-state index >= 15 is 0 Å². The number of carbonyl (C=O) groups is 2. The number of nitrogens with zero attached hydrogens (tertiary/aromatic N) is 3. The third kappa shape index (κ3) is 16.6. The zero-order valence-electron chi connectivity index (χ0n) is 38.5. The second-order valence-corrected chi connectivity index (χ2v) is 16.7. The van der Waals surface area contributed by atoms with Gasteiger partial charge in [-0.15, -0.1) is 12.4 Å². The van der Waals surface area contributed by atoms with Crippen molar-refractivity contribution in [2.24, 2.45) is 4.99 Å². The predicted molar refractivity (Wildman–Crippen MR) is 276 cm³/mol. The molecule has 0 amide bonds. The highest BCUT2D eigenvalue weighted by Gasteiger charge is 2.35. The maximum Gasteiger partial charge on any atom is 0.417 e. The zero-order valence-corrected chi connectivity index (χ0v) is 41.6. The number of aliphatic imine (C=N–C) groups is 1. The maximum absolute atomic E-state index is 12.9. The summed E-state index contributed by atoms with van der Waals surface area (Å²) in [7, 11) is 0. The third-order valence-corrected chi connectivity index (χ3v) is 11.2. The Balaban J connectivity index is 0.000000216. The molecule has 0 radical (unpaired) electrons.